The molecule has 0 radical (unpaired) electrons. The van der Waals surface area contributed by atoms with E-state index in [0.717, 1.165) is 30.9 Å². The lowest BCUT2D eigenvalue weighted by atomic mass is 10.1. The van der Waals surface area contributed by atoms with Crippen LogP contribution in [0, 0.1) is 0 Å². The number of likely N-dealkylation sites (tertiary alicyclic amines) is 1. The Hall–Kier alpha value is -2.35. The van der Waals surface area contributed by atoms with Crippen LogP contribution < -0.4 is 5.32 Å². The first-order chi connectivity index (χ1) is 15.2. The summed E-state index contributed by atoms with van der Waals surface area (Å²) >= 11 is 7.80. The number of hydrogen-bond acceptors (Lipinski definition) is 5. The Bertz CT molecular complexity index is 1000. The van der Waals surface area contributed by atoms with Gasteiger partial charge in [0.05, 0.1) is 10.8 Å². The van der Waals surface area contributed by atoms with Crippen LogP contribution in [0.3, 0.4) is 0 Å². The van der Waals surface area contributed by atoms with E-state index in [0.29, 0.717) is 22.5 Å². The van der Waals surface area contributed by atoms with Crippen molar-refractivity contribution in [3.63, 3.8) is 0 Å². The number of rotatable bonds is 8. The van der Waals surface area contributed by atoms with E-state index < -0.39 is 0 Å². The van der Waals surface area contributed by atoms with E-state index in [1.807, 2.05) is 59.2 Å². The van der Waals surface area contributed by atoms with Crippen LogP contribution in [-0.4, -0.2) is 57.5 Å². The smallest absolute Gasteiger partial charge is 0.230 e. The van der Waals surface area contributed by atoms with Crippen molar-refractivity contribution in [2.45, 2.75) is 24.4 Å². The second-order valence-electron chi connectivity index (χ2n) is 7.50. The van der Waals surface area contributed by atoms with Crippen LogP contribution in [0.15, 0.2) is 59.8 Å². The summed E-state index contributed by atoms with van der Waals surface area (Å²) in [6.45, 7) is 3.86. The molecule has 1 saturated heterocycles. The van der Waals surface area contributed by atoms with Crippen LogP contribution in [0.25, 0.3) is 17.1 Å². The van der Waals surface area contributed by atoms with Gasteiger partial charge in [-0.25, -0.2) is 0 Å². The third kappa shape index (κ3) is 5.67. The average Bonchev–Trinajstić information content (AvgIpc) is 3.23. The fourth-order valence-electron chi connectivity index (χ4n) is 3.71. The van der Waals surface area contributed by atoms with Gasteiger partial charge >= 0.3 is 0 Å². The van der Waals surface area contributed by atoms with E-state index in [-0.39, 0.29) is 11.7 Å². The molecule has 1 aliphatic heterocycles. The number of para-hydroxylation sites is 1. The molecular weight excluding hydrogens is 430 g/mol. The minimum absolute atomic E-state index is 0.00362. The number of hydrogen-bond donors (Lipinski definition) is 1. The van der Waals surface area contributed by atoms with Gasteiger partial charge in [-0.1, -0.05) is 60.1 Å². The lowest BCUT2D eigenvalue weighted by Crippen LogP contribution is -2.38. The Balaban J connectivity index is 1.44. The Labute approximate surface area is 192 Å². The number of benzene rings is 2. The molecule has 0 unspecified atom stereocenters. The molecule has 1 aliphatic rings. The highest BCUT2D eigenvalue weighted by Crippen LogP contribution is 2.31. The largest absolute Gasteiger partial charge is 0.354 e. The molecule has 0 aliphatic carbocycles. The number of thioether (sulfide) groups is 1. The molecule has 2 heterocycles. The van der Waals surface area contributed by atoms with Crippen LogP contribution in [-0.2, 0) is 4.79 Å². The summed E-state index contributed by atoms with van der Waals surface area (Å²) in [4.78, 5) is 14.8. The summed E-state index contributed by atoms with van der Waals surface area (Å²) in [6, 6.07) is 17.5. The molecule has 1 aromatic heterocycles. The molecule has 4 rings (SSSR count). The average molecular weight is 456 g/mol. The van der Waals surface area contributed by atoms with Crippen LogP contribution in [0.1, 0.15) is 19.3 Å². The number of aromatic nitrogens is 3. The van der Waals surface area contributed by atoms with Crippen molar-refractivity contribution in [1.82, 2.24) is 25.0 Å². The molecule has 1 fully saturated rings. The van der Waals surface area contributed by atoms with Crippen molar-refractivity contribution < 1.29 is 4.79 Å². The molecule has 8 heteroatoms. The zero-order chi connectivity index (χ0) is 21.5. The minimum atomic E-state index is 0.00362. The van der Waals surface area contributed by atoms with Crippen molar-refractivity contribution in [1.29, 1.82) is 0 Å². The summed E-state index contributed by atoms with van der Waals surface area (Å²) < 4.78 is 1.95. The number of halogens is 1. The van der Waals surface area contributed by atoms with Crippen molar-refractivity contribution in [3.05, 3.63) is 59.6 Å². The summed E-state index contributed by atoms with van der Waals surface area (Å²) in [5, 5.41) is 13.1. The summed E-state index contributed by atoms with van der Waals surface area (Å²) in [5.74, 6) is 0.946. The monoisotopic (exact) mass is 455 g/mol. The van der Waals surface area contributed by atoms with Gasteiger partial charge in [-0.15, -0.1) is 10.2 Å². The van der Waals surface area contributed by atoms with Crippen LogP contribution >= 0.6 is 23.4 Å². The molecule has 0 spiro atoms. The zero-order valence-corrected chi connectivity index (χ0v) is 18.9. The highest BCUT2D eigenvalue weighted by molar-refractivity contribution is 7.99. The lowest BCUT2D eigenvalue weighted by Gasteiger charge is -2.26. The quantitative estimate of drug-likeness (QED) is 0.513. The molecule has 2 aromatic carbocycles. The SMILES string of the molecule is O=C(CSc1nnc(-c2ccccc2Cl)n1-c1ccccc1)NCCN1CCCCC1. The maximum absolute atomic E-state index is 12.4. The van der Waals surface area contributed by atoms with Crippen molar-refractivity contribution in [3.8, 4) is 17.1 Å². The normalized spacial score (nSPS) is 14.5. The molecule has 0 saturated carbocycles. The highest BCUT2D eigenvalue weighted by atomic mass is 35.5. The summed E-state index contributed by atoms with van der Waals surface area (Å²) in [7, 11) is 0. The molecule has 31 heavy (non-hydrogen) atoms. The van der Waals surface area contributed by atoms with Crippen LogP contribution in [0.5, 0.6) is 0 Å². The minimum Gasteiger partial charge on any atom is -0.354 e. The zero-order valence-electron chi connectivity index (χ0n) is 17.3. The Morgan fingerprint density at radius 3 is 2.52 bits per heavy atom. The molecule has 3 aromatic rings. The highest BCUT2D eigenvalue weighted by Gasteiger charge is 2.19. The van der Waals surface area contributed by atoms with Gasteiger partial charge in [0.25, 0.3) is 0 Å². The predicted octanol–water partition coefficient (Wildman–Crippen LogP) is 4.28. The summed E-state index contributed by atoms with van der Waals surface area (Å²) in [6.07, 6.45) is 3.83. The van der Waals surface area contributed by atoms with Gasteiger partial charge in [0, 0.05) is 24.3 Å². The van der Waals surface area contributed by atoms with Gasteiger partial charge in [-0.2, -0.15) is 0 Å². The molecule has 162 valence electrons. The van der Waals surface area contributed by atoms with Gasteiger partial charge in [-0.05, 0) is 50.2 Å². The Morgan fingerprint density at radius 2 is 1.74 bits per heavy atom. The molecule has 6 nitrogen and oxygen atoms in total. The maximum Gasteiger partial charge on any atom is 0.230 e. The predicted molar refractivity (Wildman–Crippen MR) is 126 cm³/mol. The maximum atomic E-state index is 12.4. The van der Waals surface area contributed by atoms with Gasteiger partial charge in [0.2, 0.25) is 5.91 Å². The topological polar surface area (TPSA) is 63.1 Å². The van der Waals surface area contributed by atoms with Gasteiger partial charge in [0.1, 0.15) is 0 Å². The van der Waals surface area contributed by atoms with Crippen molar-refractivity contribution in [2.24, 2.45) is 0 Å². The lowest BCUT2D eigenvalue weighted by molar-refractivity contribution is -0.118. The molecule has 0 bridgehead atoms. The van der Waals surface area contributed by atoms with Gasteiger partial charge in [0.15, 0.2) is 11.0 Å². The molecule has 0 atom stereocenters. The number of nitrogens with zero attached hydrogens (tertiary/aromatic N) is 4. The number of carbonyl (C=O) groups excluding carboxylic acids is 1. The third-order valence-electron chi connectivity index (χ3n) is 5.29. The molecule has 1 amide bonds. The fourth-order valence-corrected chi connectivity index (χ4v) is 4.71. The first-order valence-electron chi connectivity index (χ1n) is 10.6. The van der Waals surface area contributed by atoms with Gasteiger partial charge < -0.3 is 10.2 Å². The van der Waals surface area contributed by atoms with E-state index in [2.05, 4.69) is 20.4 Å². The molecule has 1 N–H and O–H groups in total. The van der Waals surface area contributed by atoms with Crippen molar-refractivity contribution in [2.75, 3.05) is 31.9 Å². The molecular formula is C23H26ClN5OS. The Kier molecular flexibility index (Phi) is 7.61. The van der Waals surface area contributed by atoms with Crippen LogP contribution in [0.2, 0.25) is 5.02 Å². The number of piperidine rings is 1. The van der Waals surface area contributed by atoms with E-state index in [1.165, 1.54) is 31.0 Å². The number of amides is 1. The first kappa shape index (κ1) is 21.9. The van der Waals surface area contributed by atoms with Gasteiger partial charge in [-0.3, -0.25) is 9.36 Å². The van der Waals surface area contributed by atoms with Crippen molar-refractivity contribution >= 4 is 29.3 Å². The second kappa shape index (κ2) is 10.8. The number of nitrogens with one attached hydrogen (secondary N) is 1. The first-order valence-corrected chi connectivity index (χ1v) is 12.0. The second-order valence-corrected chi connectivity index (χ2v) is 8.85. The van der Waals surface area contributed by atoms with E-state index >= 15 is 0 Å². The van der Waals surface area contributed by atoms with E-state index in [1.54, 1.807) is 0 Å². The van der Waals surface area contributed by atoms with E-state index in [4.69, 9.17) is 11.6 Å². The third-order valence-corrected chi connectivity index (χ3v) is 6.55. The standard InChI is InChI=1S/C23H26ClN5OS/c24-20-12-6-5-11-19(20)22-26-27-23(29(22)18-9-3-1-4-10-18)31-17-21(30)25-13-16-28-14-7-2-8-15-28/h1,3-6,9-12H,2,7-8,13-17H2,(H,25,30). The summed E-state index contributed by atoms with van der Waals surface area (Å²) in [5.41, 5.74) is 1.73. The van der Waals surface area contributed by atoms with Crippen LogP contribution in [0.4, 0.5) is 0 Å². The fraction of sp³-hybridized carbons (Fsp3) is 0.348. The number of carbonyl (C=O) groups is 1. The Morgan fingerprint density at radius 1 is 1.00 bits per heavy atom. The van der Waals surface area contributed by atoms with E-state index in [9.17, 15) is 4.79 Å².